The maximum Gasteiger partial charge on any atom is 0.166 e. The van der Waals surface area contributed by atoms with Crippen LogP contribution >= 0.6 is 0 Å². The molecule has 0 aromatic carbocycles. The Balaban J connectivity index is 2.54. The second kappa shape index (κ2) is 2.15. The summed E-state index contributed by atoms with van der Waals surface area (Å²) in [6.07, 6.45) is -0.440. The van der Waals surface area contributed by atoms with E-state index in [0.717, 1.165) is 0 Å². The van der Waals surface area contributed by atoms with E-state index in [2.05, 4.69) is 0 Å². The fourth-order valence-corrected chi connectivity index (χ4v) is 0. The predicted molar refractivity (Wildman–Crippen MR) is 17.1 cm³/mol. The average Bonchev–Trinajstić information content (AvgIpc) is 1.38. The van der Waals surface area contributed by atoms with Crippen LogP contribution in [-0.4, -0.2) is 11.7 Å². The zero-order valence-corrected chi connectivity index (χ0v) is 3.03. The summed E-state index contributed by atoms with van der Waals surface area (Å²) in [6.45, 7) is 0.778. The van der Waals surface area contributed by atoms with E-state index >= 15 is 0 Å². The topological polar surface area (TPSA) is 20.2 Å². The normalized spacial score (nSPS) is 9.60. The quantitative estimate of drug-likeness (QED) is 0.483. The molecule has 0 heterocycles. The standard InChI is InChI=1S/C3H6FO/c1-3(4)2-5/h5H,2H2,1H3. The third kappa shape index (κ3) is 3.89. The van der Waals surface area contributed by atoms with Gasteiger partial charge in [-0.1, -0.05) is 0 Å². The molecule has 0 saturated carbocycles. The summed E-state index contributed by atoms with van der Waals surface area (Å²) in [4.78, 5) is 0. The average molecular weight is 77.1 g/mol. The van der Waals surface area contributed by atoms with Gasteiger partial charge in [0.05, 0.1) is 6.61 Å². The summed E-state index contributed by atoms with van der Waals surface area (Å²) in [5.74, 6) is 0. The lowest BCUT2D eigenvalue weighted by Gasteiger charge is -1.83. The molecule has 5 heavy (non-hydrogen) atoms. The van der Waals surface area contributed by atoms with E-state index in [9.17, 15) is 4.39 Å². The lowest BCUT2D eigenvalue weighted by atomic mass is 10.5. The van der Waals surface area contributed by atoms with Crippen molar-refractivity contribution in [3.8, 4) is 0 Å². The number of hydrogen-bond acceptors (Lipinski definition) is 1. The van der Waals surface area contributed by atoms with Gasteiger partial charge in [-0.3, -0.25) is 0 Å². The van der Waals surface area contributed by atoms with Gasteiger partial charge in [0.25, 0.3) is 0 Å². The molecule has 0 aliphatic heterocycles. The molecule has 0 unspecified atom stereocenters. The molecular formula is C3H6FO. The lowest BCUT2D eigenvalue weighted by molar-refractivity contribution is 0.257. The summed E-state index contributed by atoms with van der Waals surface area (Å²) < 4.78 is 11.1. The molecule has 0 amide bonds. The molecule has 1 nitrogen and oxygen atoms in total. The molecule has 0 rings (SSSR count). The number of hydrogen-bond donors (Lipinski definition) is 1. The number of aliphatic hydroxyl groups is 1. The Morgan fingerprint density at radius 3 is 2.20 bits per heavy atom. The van der Waals surface area contributed by atoms with Gasteiger partial charge in [0.15, 0.2) is 6.17 Å². The molecule has 1 radical (unpaired) electrons. The lowest BCUT2D eigenvalue weighted by Crippen LogP contribution is -1.85. The number of halogens is 1. The highest BCUT2D eigenvalue weighted by Gasteiger charge is 1.89. The summed E-state index contributed by atoms with van der Waals surface area (Å²) in [5, 5.41) is 7.73. The Morgan fingerprint density at radius 2 is 2.20 bits per heavy atom. The van der Waals surface area contributed by atoms with Crippen molar-refractivity contribution in [1.29, 1.82) is 0 Å². The van der Waals surface area contributed by atoms with E-state index in [1.165, 1.54) is 6.92 Å². The first-order valence-electron chi connectivity index (χ1n) is 1.36. The van der Waals surface area contributed by atoms with Gasteiger partial charge in [0.1, 0.15) is 0 Å². The molecule has 0 spiro atoms. The third-order valence-corrected chi connectivity index (χ3v) is 0.218. The first-order valence-corrected chi connectivity index (χ1v) is 1.36. The van der Waals surface area contributed by atoms with Crippen molar-refractivity contribution in [2.75, 3.05) is 6.61 Å². The van der Waals surface area contributed by atoms with Crippen molar-refractivity contribution < 1.29 is 9.50 Å². The molecule has 1 N–H and O–H groups in total. The Kier molecular flexibility index (Phi) is 2.10. The van der Waals surface area contributed by atoms with Crippen LogP contribution in [0.1, 0.15) is 6.92 Å². The third-order valence-electron chi connectivity index (χ3n) is 0.218. The van der Waals surface area contributed by atoms with Gasteiger partial charge >= 0.3 is 0 Å². The Labute approximate surface area is 30.4 Å². The molecular weight excluding hydrogens is 71.0 g/mol. The van der Waals surface area contributed by atoms with E-state index in [-0.39, 0.29) is 0 Å². The van der Waals surface area contributed by atoms with Crippen LogP contribution in [0.25, 0.3) is 0 Å². The molecule has 0 aromatic rings. The van der Waals surface area contributed by atoms with E-state index < -0.39 is 12.8 Å². The first kappa shape index (κ1) is 4.89. The highest BCUT2D eigenvalue weighted by molar-refractivity contribution is 4.62. The summed E-state index contributed by atoms with van der Waals surface area (Å²) >= 11 is 0. The Hall–Kier alpha value is -0.110. The van der Waals surface area contributed by atoms with Crippen molar-refractivity contribution in [3.63, 3.8) is 0 Å². The van der Waals surface area contributed by atoms with Crippen LogP contribution in [0.3, 0.4) is 0 Å². The molecule has 0 fully saturated rings. The largest absolute Gasteiger partial charge is 0.393 e. The molecule has 0 aliphatic rings. The molecule has 0 atom stereocenters. The van der Waals surface area contributed by atoms with Gasteiger partial charge < -0.3 is 5.11 Å². The second-order valence-electron chi connectivity index (χ2n) is 0.834. The summed E-state index contributed by atoms with van der Waals surface area (Å²) in [6, 6.07) is 0. The van der Waals surface area contributed by atoms with E-state index in [0.29, 0.717) is 0 Å². The van der Waals surface area contributed by atoms with Crippen molar-refractivity contribution in [2.24, 2.45) is 0 Å². The van der Waals surface area contributed by atoms with Crippen LogP contribution in [0.5, 0.6) is 0 Å². The van der Waals surface area contributed by atoms with Crippen molar-refractivity contribution in [3.05, 3.63) is 6.17 Å². The molecule has 0 aliphatic carbocycles. The van der Waals surface area contributed by atoms with Crippen LogP contribution in [-0.2, 0) is 0 Å². The molecule has 0 bridgehead atoms. The monoisotopic (exact) mass is 77.0 g/mol. The van der Waals surface area contributed by atoms with Crippen LogP contribution in [0, 0.1) is 6.17 Å². The summed E-state index contributed by atoms with van der Waals surface area (Å²) in [5.41, 5.74) is 0. The van der Waals surface area contributed by atoms with Crippen LogP contribution in [0.2, 0.25) is 0 Å². The van der Waals surface area contributed by atoms with Gasteiger partial charge in [-0.2, -0.15) is 0 Å². The second-order valence-corrected chi connectivity index (χ2v) is 0.834. The highest BCUT2D eigenvalue weighted by Crippen LogP contribution is 1.92. The van der Waals surface area contributed by atoms with Gasteiger partial charge in [0.2, 0.25) is 0 Å². The van der Waals surface area contributed by atoms with Gasteiger partial charge in [-0.15, -0.1) is 0 Å². The highest BCUT2D eigenvalue weighted by atomic mass is 19.1. The minimum absolute atomic E-state index is 0.440. The van der Waals surface area contributed by atoms with Crippen molar-refractivity contribution >= 4 is 0 Å². The molecule has 0 aromatic heterocycles. The van der Waals surface area contributed by atoms with Gasteiger partial charge in [0, 0.05) is 0 Å². The maximum absolute atomic E-state index is 11.1. The van der Waals surface area contributed by atoms with Crippen LogP contribution in [0.4, 0.5) is 4.39 Å². The Morgan fingerprint density at radius 1 is 2.00 bits per heavy atom. The fraction of sp³-hybridized carbons (Fsp3) is 0.667. The zero-order valence-electron chi connectivity index (χ0n) is 3.03. The van der Waals surface area contributed by atoms with Crippen molar-refractivity contribution in [2.45, 2.75) is 6.92 Å². The van der Waals surface area contributed by atoms with Crippen LogP contribution < -0.4 is 0 Å². The summed E-state index contributed by atoms with van der Waals surface area (Å²) in [7, 11) is 0. The van der Waals surface area contributed by atoms with E-state index in [1.54, 1.807) is 0 Å². The Bertz CT molecular complexity index is 20.9. The number of aliphatic hydroxyl groups excluding tert-OH is 1. The maximum atomic E-state index is 11.1. The molecule has 0 saturated heterocycles. The zero-order chi connectivity index (χ0) is 4.28. The molecule has 2 heteroatoms. The minimum Gasteiger partial charge on any atom is -0.393 e. The van der Waals surface area contributed by atoms with Gasteiger partial charge in [-0.05, 0) is 6.92 Å². The van der Waals surface area contributed by atoms with Gasteiger partial charge in [-0.25, -0.2) is 4.39 Å². The fourth-order valence-electron chi connectivity index (χ4n) is 0. The smallest absolute Gasteiger partial charge is 0.166 e. The predicted octanol–water partition coefficient (Wildman–Crippen LogP) is 0.500. The van der Waals surface area contributed by atoms with E-state index in [1.807, 2.05) is 0 Å². The minimum atomic E-state index is -0.444. The molecule has 31 valence electrons. The SMILES string of the molecule is C[C](F)CO. The first-order chi connectivity index (χ1) is 2.27. The van der Waals surface area contributed by atoms with Crippen molar-refractivity contribution in [1.82, 2.24) is 0 Å². The van der Waals surface area contributed by atoms with Crippen LogP contribution in [0.15, 0.2) is 0 Å². The number of rotatable bonds is 1. The van der Waals surface area contributed by atoms with E-state index in [4.69, 9.17) is 5.11 Å².